The summed E-state index contributed by atoms with van der Waals surface area (Å²) >= 11 is 0. The Hall–Kier alpha value is -2.97. The van der Waals surface area contributed by atoms with E-state index >= 15 is 0 Å². The largest absolute Gasteiger partial charge is 0.416 e. The zero-order chi connectivity index (χ0) is 19.8. The fraction of sp³-hybridized carbons (Fsp3) is 0.222. The highest BCUT2D eigenvalue weighted by atomic mass is 19.4. The van der Waals surface area contributed by atoms with Crippen molar-refractivity contribution in [2.45, 2.75) is 12.6 Å². The average molecular weight is 384 g/mol. The van der Waals surface area contributed by atoms with Gasteiger partial charge in [-0.3, -0.25) is 9.59 Å². The SMILES string of the molecule is O=C(Nc1ccc(C(F)(F)F)cc1)C1CC(=O)N(c2c(F)cccc2F)C1. The summed E-state index contributed by atoms with van der Waals surface area (Å²) in [6.45, 7) is -0.233. The number of carbonyl (C=O) groups excluding carboxylic acids is 2. The lowest BCUT2D eigenvalue weighted by Crippen LogP contribution is -2.29. The third-order valence-electron chi connectivity index (χ3n) is 4.18. The lowest BCUT2D eigenvalue weighted by molar-refractivity contribution is -0.137. The first-order valence-electron chi connectivity index (χ1n) is 7.89. The molecule has 4 nitrogen and oxygen atoms in total. The first-order chi connectivity index (χ1) is 12.7. The smallest absolute Gasteiger partial charge is 0.326 e. The minimum Gasteiger partial charge on any atom is -0.326 e. The summed E-state index contributed by atoms with van der Waals surface area (Å²) in [5, 5.41) is 2.41. The highest BCUT2D eigenvalue weighted by Gasteiger charge is 2.37. The van der Waals surface area contributed by atoms with Crippen LogP contribution in [0.3, 0.4) is 0 Å². The molecule has 27 heavy (non-hydrogen) atoms. The molecule has 1 aliphatic heterocycles. The van der Waals surface area contributed by atoms with Gasteiger partial charge in [-0.25, -0.2) is 8.78 Å². The fourth-order valence-corrected chi connectivity index (χ4v) is 2.83. The van der Waals surface area contributed by atoms with Gasteiger partial charge < -0.3 is 10.2 Å². The molecule has 9 heteroatoms. The van der Waals surface area contributed by atoms with Gasteiger partial charge in [-0.05, 0) is 36.4 Å². The molecule has 1 unspecified atom stereocenters. The molecule has 2 amide bonds. The molecule has 1 fully saturated rings. The van der Waals surface area contributed by atoms with Gasteiger partial charge in [-0.15, -0.1) is 0 Å². The van der Waals surface area contributed by atoms with Crippen LogP contribution in [-0.2, 0) is 15.8 Å². The molecule has 1 N–H and O–H groups in total. The van der Waals surface area contributed by atoms with Crippen LogP contribution in [0.5, 0.6) is 0 Å². The summed E-state index contributed by atoms with van der Waals surface area (Å²) in [5.74, 6) is -3.98. The van der Waals surface area contributed by atoms with Gasteiger partial charge in [0.25, 0.3) is 0 Å². The van der Waals surface area contributed by atoms with E-state index in [0.29, 0.717) is 0 Å². The van der Waals surface area contributed by atoms with Gasteiger partial charge in [-0.2, -0.15) is 13.2 Å². The van der Waals surface area contributed by atoms with Crippen LogP contribution in [0.25, 0.3) is 0 Å². The van der Waals surface area contributed by atoms with Crippen LogP contribution in [-0.4, -0.2) is 18.4 Å². The first-order valence-corrected chi connectivity index (χ1v) is 7.89. The highest BCUT2D eigenvalue weighted by Crippen LogP contribution is 2.32. The molecular weight excluding hydrogens is 371 g/mol. The van der Waals surface area contributed by atoms with Gasteiger partial charge in [0, 0.05) is 18.7 Å². The standard InChI is InChI=1S/C18H13F5N2O2/c19-13-2-1-3-14(20)16(13)25-9-10(8-15(25)26)17(27)24-12-6-4-11(5-7-12)18(21,22)23/h1-7,10H,8-9H2,(H,24,27). The Bertz CT molecular complexity index is 860. The molecule has 3 rings (SSSR count). The van der Waals surface area contributed by atoms with Crippen LogP contribution < -0.4 is 10.2 Å². The second kappa shape index (κ2) is 6.98. The van der Waals surface area contributed by atoms with E-state index in [0.717, 1.165) is 47.4 Å². The third-order valence-corrected chi connectivity index (χ3v) is 4.18. The van der Waals surface area contributed by atoms with Crippen LogP contribution in [0, 0.1) is 17.6 Å². The second-order valence-electron chi connectivity index (χ2n) is 6.04. The van der Waals surface area contributed by atoms with Crippen molar-refractivity contribution in [2.75, 3.05) is 16.8 Å². The quantitative estimate of drug-likeness (QED) is 0.814. The Labute approximate surface area is 150 Å². The fourth-order valence-electron chi connectivity index (χ4n) is 2.83. The van der Waals surface area contributed by atoms with Crippen LogP contribution in [0.2, 0.25) is 0 Å². The van der Waals surface area contributed by atoms with Crippen molar-refractivity contribution in [1.82, 2.24) is 0 Å². The van der Waals surface area contributed by atoms with E-state index in [9.17, 15) is 31.5 Å². The average Bonchev–Trinajstić information content (AvgIpc) is 2.96. The van der Waals surface area contributed by atoms with E-state index in [1.165, 1.54) is 0 Å². The number of hydrogen-bond donors (Lipinski definition) is 1. The van der Waals surface area contributed by atoms with Gasteiger partial charge in [-0.1, -0.05) is 6.07 Å². The van der Waals surface area contributed by atoms with E-state index < -0.39 is 46.8 Å². The number of benzene rings is 2. The number of alkyl halides is 3. The Kier molecular flexibility index (Phi) is 4.86. The molecule has 2 aromatic rings. The van der Waals surface area contributed by atoms with E-state index in [1.807, 2.05) is 0 Å². The zero-order valence-corrected chi connectivity index (χ0v) is 13.7. The molecule has 0 aromatic heterocycles. The number of rotatable bonds is 3. The minimum absolute atomic E-state index is 0.121. The molecule has 0 radical (unpaired) electrons. The molecular formula is C18H13F5N2O2. The lowest BCUT2D eigenvalue weighted by atomic mass is 10.1. The predicted molar refractivity (Wildman–Crippen MR) is 86.9 cm³/mol. The first kappa shape index (κ1) is 18.8. The van der Waals surface area contributed by atoms with Crippen molar-refractivity contribution in [3.63, 3.8) is 0 Å². The second-order valence-corrected chi connectivity index (χ2v) is 6.04. The molecule has 0 saturated carbocycles. The molecule has 1 atom stereocenters. The maximum Gasteiger partial charge on any atom is 0.416 e. The minimum atomic E-state index is -4.50. The Morgan fingerprint density at radius 3 is 2.19 bits per heavy atom. The van der Waals surface area contributed by atoms with Crippen LogP contribution in [0.1, 0.15) is 12.0 Å². The number of carbonyl (C=O) groups is 2. The normalized spacial score (nSPS) is 17.3. The van der Waals surface area contributed by atoms with E-state index in [1.54, 1.807) is 0 Å². The Morgan fingerprint density at radius 1 is 1.04 bits per heavy atom. The van der Waals surface area contributed by atoms with Crippen molar-refractivity contribution < 1.29 is 31.5 Å². The molecule has 0 bridgehead atoms. The van der Waals surface area contributed by atoms with Gasteiger partial charge >= 0.3 is 6.18 Å². The summed E-state index contributed by atoms with van der Waals surface area (Å²) in [6.07, 6.45) is -4.76. The molecule has 0 aliphatic carbocycles. The summed E-state index contributed by atoms with van der Waals surface area (Å²) in [5.41, 5.74) is -1.26. The molecule has 0 spiro atoms. The molecule has 2 aromatic carbocycles. The zero-order valence-electron chi connectivity index (χ0n) is 13.7. The van der Waals surface area contributed by atoms with Gasteiger partial charge in [0.15, 0.2) is 0 Å². The number of anilines is 2. The highest BCUT2D eigenvalue weighted by molar-refractivity contribution is 6.03. The number of nitrogens with one attached hydrogen (secondary N) is 1. The van der Waals surface area contributed by atoms with Crippen LogP contribution in [0.15, 0.2) is 42.5 Å². The van der Waals surface area contributed by atoms with Crippen molar-refractivity contribution in [1.29, 1.82) is 0 Å². The topological polar surface area (TPSA) is 49.4 Å². The summed E-state index contributed by atoms with van der Waals surface area (Å²) in [7, 11) is 0. The Balaban J connectivity index is 1.71. The number of amides is 2. The van der Waals surface area contributed by atoms with Crippen molar-refractivity contribution in [2.24, 2.45) is 5.92 Å². The Morgan fingerprint density at radius 2 is 1.63 bits per heavy atom. The molecule has 1 heterocycles. The van der Waals surface area contributed by atoms with Gasteiger partial charge in [0.2, 0.25) is 11.8 Å². The van der Waals surface area contributed by atoms with E-state index in [4.69, 9.17) is 0 Å². The number of para-hydroxylation sites is 1. The number of nitrogens with zero attached hydrogens (tertiary/aromatic N) is 1. The van der Waals surface area contributed by atoms with Gasteiger partial charge in [0.1, 0.15) is 17.3 Å². The van der Waals surface area contributed by atoms with Crippen molar-refractivity contribution in [3.05, 3.63) is 59.7 Å². The predicted octanol–water partition coefficient (Wildman–Crippen LogP) is 3.98. The molecule has 1 saturated heterocycles. The summed E-state index contributed by atoms with van der Waals surface area (Å²) in [6, 6.07) is 6.97. The molecule has 142 valence electrons. The van der Waals surface area contributed by atoms with Crippen LogP contribution >= 0.6 is 0 Å². The van der Waals surface area contributed by atoms with E-state index in [-0.39, 0.29) is 18.7 Å². The maximum absolute atomic E-state index is 13.9. The molecule has 1 aliphatic rings. The monoisotopic (exact) mass is 384 g/mol. The lowest BCUT2D eigenvalue weighted by Gasteiger charge is -2.18. The van der Waals surface area contributed by atoms with Gasteiger partial charge in [0.05, 0.1) is 11.5 Å². The van der Waals surface area contributed by atoms with E-state index in [2.05, 4.69) is 5.32 Å². The summed E-state index contributed by atoms with van der Waals surface area (Å²) < 4.78 is 65.4. The van der Waals surface area contributed by atoms with Crippen molar-refractivity contribution in [3.8, 4) is 0 Å². The maximum atomic E-state index is 13.9. The third kappa shape index (κ3) is 3.91. The van der Waals surface area contributed by atoms with Crippen LogP contribution in [0.4, 0.5) is 33.3 Å². The van der Waals surface area contributed by atoms with Crippen molar-refractivity contribution >= 4 is 23.2 Å². The summed E-state index contributed by atoms with van der Waals surface area (Å²) in [4.78, 5) is 25.2. The number of hydrogen-bond acceptors (Lipinski definition) is 2. The number of halogens is 5.